The topological polar surface area (TPSA) is 96.4 Å². The van der Waals surface area contributed by atoms with Crippen LogP contribution in [0.1, 0.15) is 10.5 Å². The molecule has 4 N–H and O–H groups in total. The van der Waals surface area contributed by atoms with E-state index in [1.54, 1.807) is 0 Å². The number of aromatic hydroxyl groups is 1. The van der Waals surface area contributed by atoms with E-state index in [1.165, 1.54) is 0 Å². The molecule has 5 heteroatoms. The first-order valence-corrected chi connectivity index (χ1v) is 2.79. The maximum Gasteiger partial charge on any atom is 0.354 e. The molecule has 0 atom stereocenters. The quantitative estimate of drug-likeness (QED) is 0.531. The molecule has 0 unspecified atom stereocenters. The van der Waals surface area contributed by atoms with Gasteiger partial charge in [-0.15, -0.1) is 0 Å². The summed E-state index contributed by atoms with van der Waals surface area (Å²) >= 11 is 0. The second-order valence-electron chi connectivity index (χ2n) is 1.93. The lowest BCUT2D eigenvalue weighted by Crippen LogP contribution is -2.00. The molecule has 58 valence electrons. The Labute approximate surface area is 62.1 Å². The molecule has 0 aliphatic heterocycles. The molecule has 1 rings (SSSR count). The van der Waals surface area contributed by atoms with Gasteiger partial charge >= 0.3 is 5.97 Å². The van der Waals surface area contributed by atoms with Gasteiger partial charge in [0, 0.05) is 0 Å². The van der Waals surface area contributed by atoms with Gasteiger partial charge in [0.15, 0.2) is 11.4 Å². The number of aromatic carboxylic acids is 1. The minimum Gasteiger partial charge on any atom is -0.504 e. The molecule has 0 amide bonds. The number of aromatic nitrogens is 1. The average Bonchev–Trinajstić information content (AvgIpc) is 1.94. The van der Waals surface area contributed by atoms with Crippen LogP contribution in [-0.2, 0) is 0 Å². The molecule has 1 aromatic heterocycles. The highest BCUT2D eigenvalue weighted by atomic mass is 16.4. The van der Waals surface area contributed by atoms with E-state index in [9.17, 15) is 4.79 Å². The first kappa shape index (κ1) is 7.33. The van der Waals surface area contributed by atoms with Crippen LogP contribution in [0.4, 0.5) is 5.69 Å². The van der Waals surface area contributed by atoms with Crippen LogP contribution < -0.4 is 5.73 Å². The Morgan fingerprint density at radius 1 is 1.64 bits per heavy atom. The highest BCUT2D eigenvalue weighted by Gasteiger charge is 2.05. The fourth-order valence-corrected chi connectivity index (χ4v) is 0.581. The molecule has 1 heterocycles. The minimum atomic E-state index is -1.17. The maximum absolute atomic E-state index is 10.3. The number of nitrogens with zero attached hydrogens (tertiary/aromatic N) is 1. The van der Waals surface area contributed by atoms with Crippen molar-refractivity contribution in [3.05, 3.63) is 18.0 Å². The average molecular weight is 154 g/mol. The summed E-state index contributed by atoms with van der Waals surface area (Å²) in [7, 11) is 0. The van der Waals surface area contributed by atoms with Crippen molar-refractivity contribution in [2.75, 3.05) is 5.73 Å². The van der Waals surface area contributed by atoms with Gasteiger partial charge in [-0.3, -0.25) is 0 Å². The van der Waals surface area contributed by atoms with E-state index in [0.717, 1.165) is 12.3 Å². The van der Waals surface area contributed by atoms with E-state index in [2.05, 4.69) is 4.98 Å². The van der Waals surface area contributed by atoms with Crippen molar-refractivity contribution >= 4 is 11.7 Å². The molecule has 0 radical (unpaired) electrons. The minimum absolute atomic E-state index is 0.0115. The molecule has 0 bridgehead atoms. The number of pyridine rings is 1. The molecule has 0 fully saturated rings. The zero-order chi connectivity index (χ0) is 8.43. The normalized spacial score (nSPS) is 9.45. The molecular formula is C6H6N2O3. The highest BCUT2D eigenvalue weighted by molar-refractivity contribution is 5.86. The van der Waals surface area contributed by atoms with Crippen molar-refractivity contribution in [3.8, 4) is 5.75 Å². The number of hydrogen-bond acceptors (Lipinski definition) is 4. The summed E-state index contributed by atoms with van der Waals surface area (Å²) in [5.74, 6) is -1.38. The van der Waals surface area contributed by atoms with Crippen molar-refractivity contribution in [2.45, 2.75) is 0 Å². The fourth-order valence-electron chi connectivity index (χ4n) is 0.581. The third kappa shape index (κ3) is 1.37. The van der Waals surface area contributed by atoms with Gasteiger partial charge in [0.1, 0.15) is 0 Å². The Morgan fingerprint density at radius 2 is 2.27 bits per heavy atom. The van der Waals surface area contributed by atoms with Crippen molar-refractivity contribution in [2.24, 2.45) is 0 Å². The second kappa shape index (κ2) is 2.45. The molecule has 0 spiro atoms. The number of rotatable bonds is 1. The van der Waals surface area contributed by atoms with Crippen LogP contribution in [0, 0.1) is 0 Å². The number of nitrogen functional groups attached to an aromatic ring is 1. The molecule has 0 saturated heterocycles. The van der Waals surface area contributed by atoms with Crippen molar-refractivity contribution < 1.29 is 15.0 Å². The predicted octanol–water partition coefficient (Wildman–Crippen LogP) is 0.0676. The van der Waals surface area contributed by atoms with Crippen molar-refractivity contribution in [3.63, 3.8) is 0 Å². The Kier molecular flexibility index (Phi) is 1.63. The summed E-state index contributed by atoms with van der Waals surface area (Å²) < 4.78 is 0. The van der Waals surface area contributed by atoms with Crippen LogP contribution in [-0.4, -0.2) is 21.2 Å². The maximum atomic E-state index is 10.3. The summed E-state index contributed by atoms with van der Waals surface area (Å²) in [5, 5.41) is 17.2. The zero-order valence-electron chi connectivity index (χ0n) is 5.48. The largest absolute Gasteiger partial charge is 0.504 e. The number of nitrogens with two attached hydrogens (primary N) is 1. The van der Waals surface area contributed by atoms with E-state index in [4.69, 9.17) is 15.9 Å². The fraction of sp³-hybridized carbons (Fsp3) is 0. The lowest BCUT2D eigenvalue weighted by Gasteiger charge is -1.97. The summed E-state index contributed by atoms with van der Waals surface area (Å²) in [6.45, 7) is 0. The smallest absolute Gasteiger partial charge is 0.354 e. The molecule has 1 aromatic rings. The lowest BCUT2D eigenvalue weighted by atomic mass is 10.3. The van der Waals surface area contributed by atoms with Crippen molar-refractivity contribution in [1.82, 2.24) is 4.98 Å². The standard InChI is InChI=1S/C6H6N2O3/c7-3-1-4(6(10)11)8-2-5(3)9/h1-2,9H,(H2,7,8)(H,10,11). The van der Waals surface area contributed by atoms with Gasteiger partial charge in [-0.05, 0) is 6.07 Å². The summed E-state index contributed by atoms with van der Waals surface area (Å²) in [5.41, 5.74) is 5.04. The Morgan fingerprint density at radius 3 is 2.73 bits per heavy atom. The lowest BCUT2D eigenvalue weighted by molar-refractivity contribution is 0.0690. The molecule has 0 aliphatic carbocycles. The number of anilines is 1. The second-order valence-corrected chi connectivity index (χ2v) is 1.93. The number of carboxylic acid groups (broad SMARTS) is 1. The van der Waals surface area contributed by atoms with Crippen molar-refractivity contribution in [1.29, 1.82) is 0 Å². The van der Waals surface area contributed by atoms with Crippen LogP contribution in [0.25, 0.3) is 0 Å². The van der Waals surface area contributed by atoms with Crippen LogP contribution in [0.3, 0.4) is 0 Å². The van der Waals surface area contributed by atoms with Crippen LogP contribution in [0.5, 0.6) is 5.75 Å². The molecule has 0 aliphatic rings. The van der Waals surface area contributed by atoms with E-state index in [1.807, 2.05) is 0 Å². The first-order chi connectivity index (χ1) is 5.11. The Balaban J connectivity index is 3.15. The Hall–Kier alpha value is -1.78. The Bertz CT molecular complexity index is 298. The van der Waals surface area contributed by atoms with Crippen LogP contribution in [0.2, 0.25) is 0 Å². The third-order valence-electron chi connectivity index (χ3n) is 1.13. The van der Waals surface area contributed by atoms with E-state index >= 15 is 0 Å². The molecule has 0 saturated carbocycles. The molecule has 5 nitrogen and oxygen atoms in total. The van der Waals surface area contributed by atoms with Crippen LogP contribution in [0.15, 0.2) is 12.3 Å². The van der Waals surface area contributed by atoms with Gasteiger partial charge in [-0.25, -0.2) is 9.78 Å². The number of carboxylic acids is 1. The first-order valence-electron chi connectivity index (χ1n) is 2.79. The van der Waals surface area contributed by atoms with Gasteiger partial charge in [-0.1, -0.05) is 0 Å². The molecule has 11 heavy (non-hydrogen) atoms. The monoisotopic (exact) mass is 154 g/mol. The molecular weight excluding hydrogens is 148 g/mol. The van der Waals surface area contributed by atoms with Gasteiger partial charge in [-0.2, -0.15) is 0 Å². The van der Waals surface area contributed by atoms with Crippen LogP contribution >= 0.6 is 0 Å². The third-order valence-corrected chi connectivity index (χ3v) is 1.13. The predicted molar refractivity (Wildman–Crippen MR) is 37.3 cm³/mol. The van der Waals surface area contributed by atoms with Gasteiger partial charge < -0.3 is 15.9 Å². The number of hydrogen-bond donors (Lipinski definition) is 3. The highest BCUT2D eigenvalue weighted by Crippen LogP contribution is 2.17. The van der Waals surface area contributed by atoms with E-state index in [-0.39, 0.29) is 17.1 Å². The van der Waals surface area contributed by atoms with Gasteiger partial charge in [0.25, 0.3) is 0 Å². The molecule has 0 aromatic carbocycles. The van der Waals surface area contributed by atoms with Gasteiger partial charge in [0.2, 0.25) is 0 Å². The SMILES string of the molecule is Nc1cc(C(=O)O)ncc1O. The number of carbonyl (C=O) groups is 1. The summed E-state index contributed by atoms with van der Waals surface area (Å²) in [6.07, 6.45) is 0.999. The zero-order valence-corrected chi connectivity index (χ0v) is 5.48. The summed E-state index contributed by atoms with van der Waals surface area (Å²) in [4.78, 5) is 13.7. The van der Waals surface area contributed by atoms with E-state index < -0.39 is 5.97 Å². The van der Waals surface area contributed by atoms with Gasteiger partial charge in [0.05, 0.1) is 11.9 Å². The summed E-state index contributed by atoms with van der Waals surface area (Å²) in [6, 6.07) is 1.09. The van der Waals surface area contributed by atoms with E-state index in [0.29, 0.717) is 0 Å².